The van der Waals surface area contributed by atoms with Crippen molar-refractivity contribution in [2.24, 2.45) is 0 Å². The average molecular weight is 604 g/mol. The van der Waals surface area contributed by atoms with E-state index in [1.54, 1.807) is 30.1 Å². The molecule has 0 bridgehead atoms. The fourth-order valence-electron chi connectivity index (χ4n) is 3.66. The normalized spacial score (nSPS) is 10.7. The molecule has 0 unspecified atom stereocenters. The Morgan fingerprint density at radius 1 is 0.829 bits per heavy atom. The summed E-state index contributed by atoms with van der Waals surface area (Å²) in [4.78, 5) is 27.5. The Kier molecular flexibility index (Phi) is 9.74. The molecule has 35 heavy (non-hydrogen) atoms. The number of methoxy groups -OCH3 is 2. The number of nitrogens with zero attached hydrogens (tertiary/aromatic N) is 1. The van der Waals surface area contributed by atoms with Crippen LogP contribution >= 0.6 is 31.9 Å². The standard InChI is InChI=1S/C27H28Br2N2O4/c1-31(26(32)17-30-27(33)20-14-24(34-2)16-25(15-20)35-3)23(12-18-4-8-21(28)9-5-18)13-19-6-10-22(29)11-7-19/h4-11,14-16,23H,12-13,17H2,1-3H3,(H,30,33). The quantitative estimate of drug-likeness (QED) is 0.343. The topological polar surface area (TPSA) is 67.9 Å². The number of nitrogens with one attached hydrogen (secondary N) is 1. The summed E-state index contributed by atoms with van der Waals surface area (Å²) in [6.45, 7) is -0.119. The van der Waals surface area contributed by atoms with Crippen LogP contribution in [0, 0.1) is 0 Å². The van der Waals surface area contributed by atoms with Gasteiger partial charge in [-0.05, 0) is 60.4 Å². The van der Waals surface area contributed by atoms with Gasteiger partial charge < -0.3 is 19.7 Å². The summed E-state index contributed by atoms with van der Waals surface area (Å²) in [5.74, 6) is 0.456. The molecule has 6 nitrogen and oxygen atoms in total. The second-order valence-corrected chi connectivity index (χ2v) is 9.94. The van der Waals surface area contributed by atoms with Crippen LogP contribution in [0.4, 0.5) is 0 Å². The van der Waals surface area contributed by atoms with E-state index >= 15 is 0 Å². The molecule has 2 amide bonds. The molecule has 0 heterocycles. The third-order valence-corrected chi connectivity index (χ3v) is 6.78. The minimum absolute atomic E-state index is 0.0846. The summed E-state index contributed by atoms with van der Waals surface area (Å²) in [6, 6.07) is 21.0. The molecule has 3 aromatic carbocycles. The summed E-state index contributed by atoms with van der Waals surface area (Å²) >= 11 is 6.94. The van der Waals surface area contributed by atoms with Crippen molar-refractivity contribution in [3.05, 3.63) is 92.4 Å². The van der Waals surface area contributed by atoms with Gasteiger partial charge in [-0.15, -0.1) is 0 Å². The smallest absolute Gasteiger partial charge is 0.251 e. The molecule has 0 aromatic heterocycles. The fourth-order valence-corrected chi connectivity index (χ4v) is 4.18. The maximum atomic E-state index is 13.1. The lowest BCUT2D eigenvalue weighted by molar-refractivity contribution is -0.130. The van der Waals surface area contributed by atoms with Crippen molar-refractivity contribution in [2.45, 2.75) is 18.9 Å². The third-order valence-electron chi connectivity index (χ3n) is 5.72. The maximum absolute atomic E-state index is 13.1. The molecule has 0 aliphatic rings. The molecule has 0 saturated heterocycles. The average Bonchev–Trinajstić information content (AvgIpc) is 2.88. The van der Waals surface area contributed by atoms with Crippen molar-refractivity contribution >= 4 is 43.7 Å². The number of benzene rings is 3. The molecule has 1 N–H and O–H groups in total. The molecule has 3 rings (SSSR count). The van der Waals surface area contributed by atoms with Crippen molar-refractivity contribution < 1.29 is 19.1 Å². The van der Waals surface area contributed by atoms with Gasteiger partial charge in [-0.3, -0.25) is 9.59 Å². The number of amides is 2. The van der Waals surface area contributed by atoms with E-state index in [0.717, 1.165) is 20.1 Å². The highest BCUT2D eigenvalue weighted by molar-refractivity contribution is 9.10. The van der Waals surface area contributed by atoms with Gasteiger partial charge in [-0.25, -0.2) is 0 Å². The molecule has 8 heteroatoms. The number of hydrogen-bond acceptors (Lipinski definition) is 4. The van der Waals surface area contributed by atoms with Crippen LogP contribution < -0.4 is 14.8 Å². The molecule has 3 aromatic rings. The van der Waals surface area contributed by atoms with Crippen molar-refractivity contribution in [2.75, 3.05) is 27.8 Å². The van der Waals surface area contributed by atoms with Gasteiger partial charge in [0.2, 0.25) is 5.91 Å². The number of halogens is 2. The zero-order valence-corrected chi connectivity index (χ0v) is 23.1. The Hall–Kier alpha value is -2.84. The SMILES string of the molecule is COc1cc(OC)cc(C(=O)NCC(=O)N(C)C(Cc2ccc(Br)cc2)Cc2ccc(Br)cc2)c1. The van der Waals surface area contributed by atoms with Gasteiger partial charge in [-0.1, -0.05) is 56.1 Å². The van der Waals surface area contributed by atoms with E-state index in [1.165, 1.54) is 14.2 Å². The first-order valence-electron chi connectivity index (χ1n) is 11.0. The van der Waals surface area contributed by atoms with E-state index < -0.39 is 0 Å². The summed E-state index contributed by atoms with van der Waals surface area (Å²) in [5.41, 5.74) is 2.61. The molecular formula is C27H28Br2N2O4. The zero-order valence-electron chi connectivity index (χ0n) is 19.9. The van der Waals surface area contributed by atoms with E-state index in [4.69, 9.17) is 9.47 Å². The molecule has 0 radical (unpaired) electrons. The number of hydrogen-bond donors (Lipinski definition) is 1. The largest absolute Gasteiger partial charge is 0.497 e. The molecule has 0 fully saturated rings. The Labute approximate surface area is 222 Å². The van der Waals surface area contributed by atoms with Crippen LogP contribution in [-0.2, 0) is 17.6 Å². The Morgan fingerprint density at radius 2 is 1.29 bits per heavy atom. The summed E-state index contributed by atoms with van der Waals surface area (Å²) in [6.07, 6.45) is 1.37. The van der Waals surface area contributed by atoms with Gasteiger partial charge >= 0.3 is 0 Å². The predicted octanol–water partition coefficient (Wildman–Crippen LogP) is 5.27. The Bertz CT molecular complexity index is 1080. The predicted molar refractivity (Wildman–Crippen MR) is 144 cm³/mol. The van der Waals surface area contributed by atoms with E-state index in [9.17, 15) is 9.59 Å². The van der Waals surface area contributed by atoms with Crippen LogP contribution in [-0.4, -0.2) is 50.6 Å². The molecular weight excluding hydrogens is 576 g/mol. The second-order valence-electron chi connectivity index (χ2n) is 8.10. The van der Waals surface area contributed by atoms with Crippen molar-refractivity contribution in [3.63, 3.8) is 0 Å². The first-order chi connectivity index (χ1) is 16.8. The van der Waals surface area contributed by atoms with Gasteiger partial charge in [0.1, 0.15) is 11.5 Å². The van der Waals surface area contributed by atoms with Crippen molar-refractivity contribution in [3.8, 4) is 11.5 Å². The van der Waals surface area contributed by atoms with Crippen LogP contribution in [0.15, 0.2) is 75.7 Å². The maximum Gasteiger partial charge on any atom is 0.251 e. The molecule has 184 valence electrons. The van der Waals surface area contributed by atoms with Crippen LogP contribution in [0.1, 0.15) is 21.5 Å². The zero-order chi connectivity index (χ0) is 25.4. The Morgan fingerprint density at radius 3 is 1.71 bits per heavy atom. The van der Waals surface area contributed by atoms with E-state index in [-0.39, 0.29) is 24.4 Å². The molecule has 0 spiro atoms. The first-order valence-corrected chi connectivity index (χ1v) is 12.6. The highest BCUT2D eigenvalue weighted by Crippen LogP contribution is 2.22. The van der Waals surface area contributed by atoms with Gasteiger partial charge in [0.15, 0.2) is 0 Å². The highest BCUT2D eigenvalue weighted by Gasteiger charge is 2.22. The lowest BCUT2D eigenvalue weighted by Crippen LogP contribution is -2.45. The van der Waals surface area contributed by atoms with Crippen LogP contribution in [0.5, 0.6) is 11.5 Å². The number of ether oxygens (including phenoxy) is 2. The summed E-state index contributed by atoms with van der Waals surface area (Å²) in [5, 5.41) is 2.73. The fraction of sp³-hybridized carbons (Fsp3) is 0.259. The Balaban J connectivity index is 1.71. The highest BCUT2D eigenvalue weighted by atomic mass is 79.9. The minimum Gasteiger partial charge on any atom is -0.497 e. The molecule has 0 atom stereocenters. The lowest BCUT2D eigenvalue weighted by atomic mass is 9.97. The third kappa shape index (κ3) is 7.83. The van der Waals surface area contributed by atoms with Crippen molar-refractivity contribution in [1.82, 2.24) is 10.2 Å². The van der Waals surface area contributed by atoms with Crippen molar-refractivity contribution in [1.29, 1.82) is 0 Å². The van der Waals surface area contributed by atoms with Gasteiger partial charge in [0.05, 0.1) is 20.8 Å². The number of carbonyl (C=O) groups excluding carboxylic acids is 2. The molecule has 0 aliphatic heterocycles. The second kappa shape index (κ2) is 12.7. The van der Waals surface area contributed by atoms with Crippen LogP contribution in [0.25, 0.3) is 0 Å². The molecule has 0 aliphatic carbocycles. The van der Waals surface area contributed by atoms with Gasteiger partial charge in [0, 0.05) is 33.7 Å². The van der Waals surface area contributed by atoms with Crippen LogP contribution in [0.3, 0.4) is 0 Å². The van der Waals surface area contributed by atoms with E-state index in [2.05, 4.69) is 61.4 Å². The molecule has 0 saturated carbocycles. The number of likely N-dealkylation sites (N-methyl/N-ethyl adjacent to an activating group) is 1. The minimum atomic E-state index is -0.374. The van der Waals surface area contributed by atoms with Gasteiger partial charge in [-0.2, -0.15) is 0 Å². The number of rotatable bonds is 10. The summed E-state index contributed by atoms with van der Waals surface area (Å²) in [7, 11) is 4.82. The van der Waals surface area contributed by atoms with E-state index in [1.807, 2.05) is 24.3 Å². The monoisotopic (exact) mass is 602 g/mol. The van der Waals surface area contributed by atoms with Crippen LogP contribution in [0.2, 0.25) is 0 Å². The lowest BCUT2D eigenvalue weighted by Gasteiger charge is -2.29. The number of carbonyl (C=O) groups is 2. The van der Waals surface area contributed by atoms with Gasteiger partial charge in [0.25, 0.3) is 5.91 Å². The summed E-state index contributed by atoms with van der Waals surface area (Å²) < 4.78 is 12.5. The van der Waals surface area contributed by atoms with E-state index in [0.29, 0.717) is 29.9 Å². The first kappa shape index (κ1) is 26.8.